The molecule has 166 valence electrons. The van der Waals surface area contributed by atoms with Gasteiger partial charge in [0.2, 0.25) is 0 Å². The van der Waals surface area contributed by atoms with Gasteiger partial charge in [-0.2, -0.15) is 0 Å². The number of fused-ring (bicyclic) bond motifs is 1. The average molecular weight is 505 g/mol. The lowest BCUT2D eigenvalue weighted by Crippen LogP contribution is -2.43. The maximum absolute atomic E-state index is 12.3. The molecule has 0 aliphatic heterocycles. The van der Waals surface area contributed by atoms with Crippen molar-refractivity contribution < 1.29 is 19.1 Å². The van der Waals surface area contributed by atoms with Gasteiger partial charge in [0.05, 0.1) is 4.47 Å². The van der Waals surface area contributed by atoms with Gasteiger partial charge in [0.1, 0.15) is 18.1 Å². The van der Waals surface area contributed by atoms with E-state index in [-0.39, 0.29) is 6.61 Å². The number of benzene rings is 4. The topological polar surface area (TPSA) is 76.7 Å². The summed E-state index contributed by atoms with van der Waals surface area (Å²) in [5.74, 6) is 0.270. The van der Waals surface area contributed by atoms with Crippen molar-refractivity contribution in [1.82, 2.24) is 10.9 Å². The van der Waals surface area contributed by atoms with Crippen LogP contribution in [0.5, 0.6) is 11.5 Å². The Balaban J connectivity index is 1.24. The molecule has 4 aromatic rings. The maximum Gasteiger partial charge on any atom is 0.276 e. The fraction of sp³-hybridized carbons (Fsp3) is 0.0769. The number of carbonyl (C=O) groups excluding carboxylic acids is 2. The van der Waals surface area contributed by atoms with E-state index in [0.29, 0.717) is 23.7 Å². The SMILES string of the molecule is O=C(COc1ccc2ccccc2c1Br)NNC(=O)c1ccc(OCc2ccccc2)cc1. The Morgan fingerprint density at radius 1 is 0.758 bits per heavy atom. The molecule has 0 bridgehead atoms. The molecule has 0 saturated carbocycles. The van der Waals surface area contributed by atoms with Crippen molar-refractivity contribution in [3.63, 3.8) is 0 Å². The summed E-state index contributed by atoms with van der Waals surface area (Å²) in [5.41, 5.74) is 6.19. The van der Waals surface area contributed by atoms with Gasteiger partial charge in [0.15, 0.2) is 6.61 Å². The van der Waals surface area contributed by atoms with Crippen molar-refractivity contribution >= 4 is 38.5 Å². The molecule has 0 unspecified atom stereocenters. The lowest BCUT2D eigenvalue weighted by Gasteiger charge is -2.11. The fourth-order valence-corrected chi connectivity index (χ4v) is 3.75. The molecule has 0 spiro atoms. The molecule has 2 amide bonds. The van der Waals surface area contributed by atoms with Gasteiger partial charge in [-0.05, 0) is 62.6 Å². The molecular weight excluding hydrogens is 484 g/mol. The predicted molar refractivity (Wildman–Crippen MR) is 130 cm³/mol. The van der Waals surface area contributed by atoms with Crippen LogP contribution in [0.4, 0.5) is 0 Å². The predicted octanol–water partition coefficient (Wildman–Crippen LogP) is 5.02. The van der Waals surface area contributed by atoms with E-state index in [2.05, 4.69) is 26.8 Å². The van der Waals surface area contributed by atoms with Crippen LogP contribution in [0.25, 0.3) is 10.8 Å². The van der Waals surface area contributed by atoms with Gasteiger partial charge in [0, 0.05) is 5.56 Å². The van der Waals surface area contributed by atoms with E-state index in [1.807, 2.05) is 60.7 Å². The molecule has 0 radical (unpaired) electrons. The van der Waals surface area contributed by atoms with E-state index >= 15 is 0 Å². The molecule has 2 N–H and O–H groups in total. The van der Waals surface area contributed by atoms with Gasteiger partial charge in [-0.15, -0.1) is 0 Å². The lowest BCUT2D eigenvalue weighted by atomic mass is 10.1. The Hall–Kier alpha value is -3.84. The Bertz CT molecular complexity index is 1260. The minimum absolute atomic E-state index is 0.247. The van der Waals surface area contributed by atoms with Crippen LogP contribution in [-0.4, -0.2) is 18.4 Å². The van der Waals surface area contributed by atoms with Crippen LogP contribution in [0.2, 0.25) is 0 Å². The second-order valence-electron chi connectivity index (χ2n) is 7.19. The third-order valence-electron chi connectivity index (χ3n) is 4.87. The average Bonchev–Trinajstić information content (AvgIpc) is 2.86. The van der Waals surface area contributed by atoms with Crippen molar-refractivity contribution in [2.75, 3.05) is 6.61 Å². The number of hydrogen-bond donors (Lipinski definition) is 2. The van der Waals surface area contributed by atoms with Crippen molar-refractivity contribution in [2.24, 2.45) is 0 Å². The molecule has 7 heteroatoms. The van der Waals surface area contributed by atoms with Crippen LogP contribution in [0.3, 0.4) is 0 Å². The third kappa shape index (κ3) is 5.90. The molecule has 0 aromatic heterocycles. The summed E-state index contributed by atoms with van der Waals surface area (Å²) in [5, 5.41) is 2.05. The number of hydrogen-bond acceptors (Lipinski definition) is 4. The first-order valence-electron chi connectivity index (χ1n) is 10.3. The minimum atomic E-state index is -0.480. The number of ether oxygens (including phenoxy) is 2. The van der Waals surface area contributed by atoms with E-state index in [1.165, 1.54) is 0 Å². The lowest BCUT2D eigenvalue weighted by molar-refractivity contribution is -0.123. The zero-order valence-corrected chi connectivity index (χ0v) is 19.2. The highest BCUT2D eigenvalue weighted by Gasteiger charge is 2.11. The van der Waals surface area contributed by atoms with E-state index in [1.54, 1.807) is 30.3 Å². The zero-order chi connectivity index (χ0) is 23.0. The van der Waals surface area contributed by atoms with Crippen LogP contribution in [0.15, 0.2) is 95.5 Å². The summed E-state index contributed by atoms with van der Waals surface area (Å²) < 4.78 is 12.1. The molecule has 0 atom stereocenters. The second-order valence-corrected chi connectivity index (χ2v) is 7.98. The molecule has 0 heterocycles. The smallest absolute Gasteiger partial charge is 0.276 e. The molecule has 33 heavy (non-hydrogen) atoms. The highest BCUT2D eigenvalue weighted by atomic mass is 79.9. The highest BCUT2D eigenvalue weighted by molar-refractivity contribution is 9.10. The minimum Gasteiger partial charge on any atom is -0.489 e. The van der Waals surface area contributed by atoms with Gasteiger partial charge < -0.3 is 9.47 Å². The van der Waals surface area contributed by atoms with Gasteiger partial charge in [0.25, 0.3) is 11.8 Å². The first kappa shape index (κ1) is 22.4. The fourth-order valence-electron chi connectivity index (χ4n) is 3.15. The highest BCUT2D eigenvalue weighted by Crippen LogP contribution is 2.32. The Labute approximate surface area is 199 Å². The largest absolute Gasteiger partial charge is 0.489 e. The number of rotatable bonds is 7. The van der Waals surface area contributed by atoms with Crippen molar-refractivity contribution in [3.05, 3.63) is 107 Å². The summed E-state index contributed by atoms with van der Waals surface area (Å²) in [6, 6.07) is 28.0. The normalized spacial score (nSPS) is 10.5. The monoisotopic (exact) mass is 504 g/mol. The van der Waals surface area contributed by atoms with E-state index in [0.717, 1.165) is 20.8 Å². The van der Waals surface area contributed by atoms with Crippen molar-refractivity contribution in [2.45, 2.75) is 6.61 Å². The molecule has 0 aliphatic carbocycles. The summed E-state index contributed by atoms with van der Waals surface area (Å²) >= 11 is 3.52. The molecule has 4 rings (SSSR count). The maximum atomic E-state index is 12.3. The number of nitrogens with one attached hydrogen (secondary N) is 2. The number of halogens is 1. The van der Waals surface area contributed by atoms with Crippen LogP contribution in [0, 0.1) is 0 Å². The number of amides is 2. The summed E-state index contributed by atoms with van der Waals surface area (Å²) in [6.45, 7) is 0.194. The first-order chi connectivity index (χ1) is 16.1. The molecule has 0 saturated heterocycles. The summed E-state index contributed by atoms with van der Waals surface area (Å²) in [7, 11) is 0. The van der Waals surface area contributed by atoms with Crippen LogP contribution >= 0.6 is 15.9 Å². The molecular formula is C26H21BrN2O4. The number of carbonyl (C=O) groups is 2. The van der Waals surface area contributed by atoms with E-state index in [9.17, 15) is 9.59 Å². The van der Waals surface area contributed by atoms with Crippen LogP contribution in [-0.2, 0) is 11.4 Å². The third-order valence-corrected chi connectivity index (χ3v) is 5.68. The molecule has 0 aliphatic rings. The Kier molecular flexibility index (Phi) is 7.22. The summed E-state index contributed by atoms with van der Waals surface area (Å²) in [4.78, 5) is 24.4. The van der Waals surface area contributed by atoms with Gasteiger partial charge in [-0.3, -0.25) is 20.4 Å². The molecule has 4 aromatic carbocycles. The molecule has 6 nitrogen and oxygen atoms in total. The quantitative estimate of drug-likeness (QED) is 0.346. The van der Waals surface area contributed by atoms with Gasteiger partial charge >= 0.3 is 0 Å². The van der Waals surface area contributed by atoms with Crippen LogP contribution in [0.1, 0.15) is 15.9 Å². The van der Waals surface area contributed by atoms with Crippen LogP contribution < -0.4 is 20.3 Å². The second kappa shape index (κ2) is 10.7. The van der Waals surface area contributed by atoms with Gasteiger partial charge in [-0.25, -0.2) is 0 Å². The van der Waals surface area contributed by atoms with Crippen molar-refractivity contribution in [3.8, 4) is 11.5 Å². The first-order valence-corrected chi connectivity index (χ1v) is 11.1. The zero-order valence-electron chi connectivity index (χ0n) is 17.6. The Morgan fingerprint density at radius 2 is 1.48 bits per heavy atom. The van der Waals surface area contributed by atoms with E-state index < -0.39 is 11.8 Å². The van der Waals surface area contributed by atoms with Crippen molar-refractivity contribution in [1.29, 1.82) is 0 Å². The number of hydrazine groups is 1. The Morgan fingerprint density at radius 3 is 2.27 bits per heavy atom. The van der Waals surface area contributed by atoms with Gasteiger partial charge in [-0.1, -0.05) is 60.7 Å². The summed E-state index contributed by atoms with van der Waals surface area (Å²) in [6.07, 6.45) is 0. The standard InChI is InChI=1S/C26H21BrN2O4/c27-25-22-9-5-4-8-19(22)12-15-23(25)33-17-24(30)28-29-26(31)20-10-13-21(14-11-20)32-16-18-6-2-1-3-7-18/h1-15H,16-17H2,(H,28,30)(H,29,31). The van der Waals surface area contributed by atoms with E-state index in [4.69, 9.17) is 9.47 Å². The molecule has 0 fully saturated rings.